The summed E-state index contributed by atoms with van der Waals surface area (Å²) in [6.45, 7) is 4.42. The van der Waals surface area contributed by atoms with E-state index >= 15 is 0 Å². The smallest absolute Gasteiger partial charge is 0.160 e. The average Bonchev–Trinajstić information content (AvgIpc) is 1.98. The first-order valence-electron chi connectivity index (χ1n) is 3.69. The second-order valence-electron chi connectivity index (χ2n) is 2.00. The highest BCUT2D eigenvalue weighted by molar-refractivity contribution is 4.37. The molecule has 1 atom stereocenters. The molecule has 0 fully saturated rings. The molecule has 10 heavy (non-hydrogen) atoms. The summed E-state index contributed by atoms with van der Waals surface area (Å²) < 4.78 is 10.0. The van der Waals surface area contributed by atoms with Crippen molar-refractivity contribution in [2.75, 3.05) is 13.4 Å². The highest BCUT2D eigenvalue weighted by Gasteiger charge is 2.03. The number of rotatable bonds is 6. The molecule has 0 rings (SSSR count). The van der Waals surface area contributed by atoms with Gasteiger partial charge in [0, 0.05) is 6.61 Å². The van der Waals surface area contributed by atoms with Crippen molar-refractivity contribution in [1.82, 2.24) is 0 Å². The molecule has 0 saturated carbocycles. The Morgan fingerprint density at radius 3 is 2.40 bits per heavy atom. The third kappa shape index (κ3) is 4.73. The Bertz CT molecular complexity index is 65.9. The minimum Gasteiger partial charge on any atom is -0.371 e. The average molecular weight is 148 g/mol. The molecule has 0 bridgehead atoms. The van der Waals surface area contributed by atoms with Crippen molar-refractivity contribution in [2.45, 2.75) is 33.0 Å². The molecule has 0 heterocycles. The van der Waals surface area contributed by atoms with Crippen LogP contribution >= 0.6 is 0 Å². The van der Waals surface area contributed by atoms with Gasteiger partial charge in [0.25, 0.3) is 0 Å². The maximum atomic E-state index is 8.36. The fraction of sp³-hybridized carbons (Fsp3) is 1.00. The first kappa shape index (κ1) is 9.88. The summed E-state index contributed by atoms with van der Waals surface area (Å²) in [7, 11) is 0. The van der Waals surface area contributed by atoms with Crippen LogP contribution in [0.1, 0.15) is 26.7 Å². The van der Waals surface area contributed by atoms with Crippen molar-refractivity contribution in [3.63, 3.8) is 0 Å². The zero-order valence-electron chi connectivity index (χ0n) is 6.67. The summed E-state index contributed by atoms with van der Waals surface area (Å²) in [6, 6.07) is 0. The Balaban J connectivity index is 3.21. The van der Waals surface area contributed by atoms with Crippen LogP contribution in [0.5, 0.6) is 0 Å². The van der Waals surface area contributed by atoms with Crippen LogP contribution < -0.4 is 0 Å². The van der Waals surface area contributed by atoms with Gasteiger partial charge in [-0.05, 0) is 12.8 Å². The predicted molar refractivity (Wildman–Crippen MR) is 38.5 cm³/mol. The van der Waals surface area contributed by atoms with E-state index in [1.54, 1.807) is 0 Å². The SMILES string of the molecule is CCCOC(CC)OCO. The van der Waals surface area contributed by atoms with Gasteiger partial charge < -0.3 is 14.6 Å². The monoisotopic (exact) mass is 148 g/mol. The van der Waals surface area contributed by atoms with Crippen LogP contribution in [-0.2, 0) is 9.47 Å². The van der Waals surface area contributed by atoms with Crippen LogP contribution in [0.15, 0.2) is 0 Å². The van der Waals surface area contributed by atoms with Gasteiger partial charge in [-0.3, -0.25) is 0 Å². The molecular formula is C7H16O3. The third-order valence-electron chi connectivity index (χ3n) is 1.10. The van der Waals surface area contributed by atoms with Gasteiger partial charge in [0.15, 0.2) is 6.29 Å². The van der Waals surface area contributed by atoms with Gasteiger partial charge in [-0.25, -0.2) is 0 Å². The molecule has 62 valence electrons. The zero-order chi connectivity index (χ0) is 7.82. The standard InChI is InChI=1S/C7H16O3/c1-3-5-9-7(4-2)10-6-8/h7-8H,3-6H2,1-2H3. The Hall–Kier alpha value is -0.120. The lowest BCUT2D eigenvalue weighted by atomic mass is 10.4. The van der Waals surface area contributed by atoms with Crippen LogP contribution in [-0.4, -0.2) is 24.8 Å². The van der Waals surface area contributed by atoms with Crippen molar-refractivity contribution in [3.05, 3.63) is 0 Å². The Morgan fingerprint density at radius 1 is 1.30 bits per heavy atom. The van der Waals surface area contributed by atoms with Crippen molar-refractivity contribution in [3.8, 4) is 0 Å². The number of hydrogen-bond donors (Lipinski definition) is 1. The molecule has 0 aliphatic rings. The van der Waals surface area contributed by atoms with E-state index < -0.39 is 0 Å². The Kier molecular flexibility index (Phi) is 6.91. The zero-order valence-corrected chi connectivity index (χ0v) is 6.67. The third-order valence-corrected chi connectivity index (χ3v) is 1.10. The molecule has 0 saturated heterocycles. The molecule has 0 radical (unpaired) electrons. The second kappa shape index (κ2) is 6.99. The molecule has 0 aromatic rings. The van der Waals surface area contributed by atoms with E-state index in [1.165, 1.54) is 0 Å². The summed E-state index contributed by atoms with van der Waals surface area (Å²) in [5, 5.41) is 8.36. The van der Waals surface area contributed by atoms with E-state index in [4.69, 9.17) is 14.6 Å². The molecule has 3 nitrogen and oxygen atoms in total. The summed E-state index contributed by atoms with van der Waals surface area (Å²) in [4.78, 5) is 0. The quantitative estimate of drug-likeness (QED) is 0.573. The van der Waals surface area contributed by atoms with Gasteiger partial charge in [0.2, 0.25) is 0 Å². The highest BCUT2D eigenvalue weighted by atomic mass is 16.7. The van der Waals surface area contributed by atoms with Gasteiger partial charge in [0.1, 0.15) is 6.79 Å². The van der Waals surface area contributed by atoms with E-state index in [0.717, 1.165) is 12.8 Å². The van der Waals surface area contributed by atoms with Crippen LogP contribution in [0.3, 0.4) is 0 Å². The topological polar surface area (TPSA) is 38.7 Å². The number of aliphatic hydroxyl groups is 1. The first-order chi connectivity index (χ1) is 4.85. The fourth-order valence-corrected chi connectivity index (χ4v) is 0.616. The number of aliphatic hydroxyl groups excluding tert-OH is 1. The largest absolute Gasteiger partial charge is 0.371 e. The van der Waals surface area contributed by atoms with E-state index in [9.17, 15) is 0 Å². The van der Waals surface area contributed by atoms with E-state index in [0.29, 0.717) is 6.61 Å². The molecular weight excluding hydrogens is 132 g/mol. The Labute approximate surface area is 62.0 Å². The predicted octanol–water partition coefficient (Wildman–Crippen LogP) is 1.12. The van der Waals surface area contributed by atoms with Crippen molar-refractivity contribution in [1.29, 1.82) is 0 Å². The normalized spacial score (nSPS) is 13.5. The molecule has 0 aliphatic carbocycles. The summed E-state index contributed by atoms with van der Waals surface area (Å²) >= 11 is 0. The van der Waals surface area contributed by atoms with Crippen LogP contribution in [0, 0.1) is 0 Å². The molecule has 0 aliphatic heterocycles. The van der Waals surface area contributed by atoms with Gasteiger partial charge in [0.05, 0.1) is 0 Å². The van der Waals surface area contributed by atoms with Crippen LogP contribution in [0.2, 0.25) is 0 Å². The van der Waals surface area contributed by atoms with Gasteiger partial charge in [-0.15, -0.1) is 0 Å². The van der Waals surface area contributed by atoms with Crippen molar-refractivity contribution >= 4 is 0 Å². The fourth-order valence-electron chi connectivity index (χ4n) is 0.616. The number of hydrogen-bond acceptors (Lipinski definition) is 3. The number of ether oxygens (including phenoxy) is 2. The lowest BCUT2D eigenvalue weighted by Crippen LogP contribution is -2.17. The van der Waals surface area contributed by atoms with Crippen LogP contribution in [0.4, 0.5) is 0 Å². The molecule has 3 heteroatoms. The maximum absolute atomic E-state index is 8.36. The molecule has 0 amide bonds. The summed E-state index contributed by atoms with van der Waals surface area (Å²) in [6.07, 6.45) is 1.52. The molecule has 1 unspecified atom stereocenters. The lowest BCUT2D eigenvalue weighted by Gasteiger charge is -2.13. The summed E-state index contributed by atoms with van der Waals surface area (Å²) in [5.74, 6) is 0. The van der Waals surface area contributed by atoms with Crippen molar-refractivity contribution < 1.29 is 14.6 Å². The minimum atomic E-state index is -0.262. The van der Waals surface area contributed by atoms with E-state index in [2.05, 4.69) is 0 Å². The van der Waals surface area contributed by atoms with Gasteiger partial charge >= 0.3 is 0 Å². The van der Waals surface area contributed by atoms with Gasteiger partial charge in [-0.1, -0.05) is 13.8 Å². The molecule has 0 aromatic heterocycles. The highest BCUT2D eigenvalue weighted by Crippen LogP contribution is 1.99. The van der Waals surface area contributed by atoms with Crippen LogP contribution in [0.25, 0.3) is 0 Å². The Morgan fingerprint density at radius 2 is 2.00 bits per heavy atom. The van der Waals surface area contributed by atoms with E-state index in [-0.39, 0.29) is 13.1 Å². The summed E-state index contributed by atoms with van der Waals surface area (Å²) in [5.41, 5.74) is 0. The van der Waals surface area contributed by atoms with E-state index in [1.807, 2.05) is 13.8 Å². The molecule has 0 aromatic carbocycles. The second-order valence-corrected chi connectivity index (χ2v) is 2.00. The maximum Gasteiger partial charge on any atom is 0.160 e. The van der Waals surface area contributed by atoms with Crippen molar-refractivity contribution in [2.24, 2.45) is 0 Å². The van der Waals surface area contributed by atoms with Gasteiger partial charge in [-0.2, -0.15) is 0 Å². The molecule has 1 N–H and O–H groups in total. The first-order valence-corrected chi connectivity index (χ1v) is 3.69. The minimum absolute atomic E-state index is 0.232. The molecule has 0 spiro atoms. The lowest BCUT2D eigenvalue weighted by molar-refractivity contribution is -0.181.